The van der Waals surface area contributed by atoms with Crippen LogP contribution in [0.1, 0.15) is 36.7 Å². The van der Waals surface area contributed by atoms with Crippen molar-refractivity contribution in [3.63, 3.8) is 0 Å². The molecule has 1 aromatic rings. The number of nitrogens with zero attached hydrogens (tertiary/aromatic N) is 3. The summed E-state index contributed by atoms with van der Waals surface area (Å²) < 4.78 is 1.88. The van der Waals surface area contributed by atoms with E-state index in [1.54, 1.807) is 4.90 Å². The lowest BCUT2D eigenvalue weighted by atomic mass is 10.1. The van der Waals surface area contributed by atoms with Gasteiger partial charge in [-0.05, 0) is 45.6 Å². The van der Waals surface area contributed by atoms with Gasteiger partial charge in [-0.1, -0.05) is 0 Å². The molecule has 21 heavy (non-hydrogen) atoms. The Labute approximate surface area is 126 Å². The second-order valence-corrected chi connectivity index (χ2v) is 5.98. The summed E-state index contributed by atoms with van der Waals surface area (Å²) in [7, 11) is 1.94. The summed E-state index contributed by atoms with van der Waals surface area (Å²) >= 11 is 0. The standard InChI is InChI=1S/C15H26N4O2/c1-10(9-14-11(2)17-18(4)12(14)3)16-15(21)19(7-8-20)13-5-6-13/h10,13,20H,5-9H2,1-4H3,(H,16,21)/t10-/m0/s1. The van der Waals surface area contributed by atoms with Crippen molar-refractivity contribution in [3.8, 4) is 0 Å². The second kappa shape index (κ2) is 6.47. The first-order chi connectivity index (χ1) is 9.93. The number of aryl methyl sites for hydroxylation is 2. The largest absolute Gasteiger partial charge is 0.395 e. The third-order valence-electron chi connectivity index (χ3n) is 4.13. The number of aliphatic hydroxyl groups is 1. The minimum atomic E-state index is -0.0711. The van der Waals surface area contributed by atoms with Crippen molar-refractivity contribution in [1.29, 1.82) is 0 Å². The minimum absolute atomic E-state index is 0.0130. The predicted octanol–water partition coefficient (Wildman–Crippen LogP) is 1.13. The van der Waals surface area contributed by atoms with Crippen LogP contribution < -0.4 is 5.32 Å². The first-order valence-corrected chi connectivity index (χ1v) is 7.61. The van der Waals surface area contributed by atoms with E-state index in [2.05, 4.69) is 10.4 Å². The van der Waals surface area contributed by atoms with Gasteiger partial charge >= 0.3 is 6.03 Å². The van der Waals surface area contributed by atoms with Gasteiger partial charge in [-0.2, -0.15) is 5.10 Å². The zero-order chi connectivity index (χ0) is 15.6. The number of aliphatic hydroxyl groups excluding tert-OH is 1. The number of hydrogen-bond donors (Lipinski definition) is 2. The molecule has 0 spiro atoms. The van der Waals surface area contributed by atoms with E-state index in [0.29, 0.717) is 12.6 Å². The average Bonchev–Trinajstić information content (AvgIpc) is 3.21. The first-order valence-electron chi connectivity index (χ1n) is 7.61. The highest BCUT2D eigenvalue weighted by Gasteiger charge is 2.32. The minimum Gasteiger partial charge on any atom is -0.395 e. The molecule has 1 aliphatic carbocycles. The molecule has 1 aromatic heterocycles. The number of amides is 2. The SMILES string of the molecule is Cc1nn(C)c(C)c1C[C@H](C)NC(=O)N(CCO)C1CC1. The topological polar surface area (TPSA) is 70.4 Å². The maximum absolute atomic E-state index is 12.3. The van der Waals surface area contributed by atoms with E-state index in [1.807, 2.05) is 32.5 Å². The van der Waals surface area contributed by atoms with Crippen LogP contribution in [0, 0.1) is 13.8 Å². The van der Waals surface area contributed by atoms with Gasteiger partial charge in [0.25, 0.3) is 0 Å². The highest BCUT2D eigenvalue weighted by Crippen LogP contribution is 2.26. The Bertz CT molecular complexity index is 508. The number of carbonyl (C=O) groups is 1. The Morgan fingerprint density at radius 2 is 2.19 bits per heavy atom. The van der Waals surface area contributed by atoms with E-state index in [1.165, 1.54) is 5.56 Å². The third kappa shape index (κ3) is 3.75. The molecule has 0 aliphatic heterocycles. The molecule has 1 fully saturated rings. The molecule has 0 radical (unpaired) electrons. The van der Waals surface area contributed by atoms with Gasteiger partial charge < -0.3 is 15.3 Å². The maximum atomic E-state index is 12.3. The molecule has 0 bridgehead atoms. The number of hydrogen-bond acceptors (Lipinski definition) is 3. The molecule has 1 heterocycles. The molecular formula is C15H26N4O2. The van der Waals surface area contributed by atoms with E-state index in [-0.39, 0.29) is 18.7 Å². The van der Waals surface area contributed by atoms with Gasteiger partial charge in [-0.25, -0.2) is 4.79 Å². The molecule has 6 heteroatoms. The summed E-state index contributed by atoms with van der Waals surface area (Å²) in [4.78, 5) is 14.0. The van der Waals surface area contributed by atoms with Gasteiger partial charge in [0, 0.05) is 31.4 Å². The van der Waals surface area contributed by atoms with Gasteiger partial charge in [0.05, 0.1) is 12.3 Å². The van der Waals surface area contributed by atoms with Crippen LogP contribution >= 0.6 is 0 Å². The van der Waals surface area contributed by atoms with Crippen LogP contribution in [-0.4, -0.2) is 51.1 Å². The zero-order valence-corrected chi connectivity index (χ0v) is 13.4. The van der Waals surface area contributed by atoms with Crippen molar-refractivity contribution >= 4 is 6.03 Å². The monoisotopic (exact) mass is 294 g/mol. The van der Waals surface area contributed by atoms with Crippen LogP contribution in [0.2, 0.25) is 0 Å². The van der Waals surface area contributed by atoms with Crippen molar-refractivity contribution in [3.05, 3.63) is 17.0 Å². The third-order valence-corrected chi connectivity index (χ3v) is 4.13. The number of nitrogens with one attached hydrogen (secondary N) is 1. The van der Waals surface area contributed by atoms with Crippen molar-refractivity contribution in [2.45, 2.75) is 52.1 Å². The van der Waals surface area contributed by atoms with Crippen LogP contribution in [0.25, 0.3) is 0 Å². The molecule has 0 unspecified atom stereocenters. The van der Waals surface area contributed by atoms with Crippen molar-refractivity contribution in [2.75, 3.05) is 13.2 Å². The molecular weight excluding hydrogens is 268 g/mol. The molecule has 2 N–H and O–H groups in total. The summed E-state index contributed by atoms with van der Waals surface area (Å²) in [6.45, 7) is 6.48. The fraction of sp³-hybridized carbons (Fsp3) is 0.733. The lowest BCUT2D eigenvalue weighted by Gasteiger charge is -2.24. The smallest absolute Gasteiger partial charge is 0.317 e. The lowest BCUT2D eigenvalue weighted by Crippen LogP contribution is -2.46. The molecule has 0 saturated heterocycles. The van der Waals surface area contributed by atoms with E-state index in [0.717, 1.165) is 30.7 Å². The predicted molar refractivity (Wildman–Crippen MR) is 81.2 cm³/mol. The zero-order valence-electron chi connectivity index (χ0n) is 13.4. The van der Waals surface area contributed by atoms with Gasteiger partial charge in [-0.15, -0.1) is 0 Å². The van der Waals surface area contributed by atoms with Crippen LogP contribution in [0.4, 0.5) is 4.79 Å². The highest BCUT2D eigenvalue weighted by atomic mass is 16.3. The highest BCUT2D eigenvalue weighted by molar-refractivity contribution is 5.75. The average molecular weight is 294 g/mol. The molecule has 2 amide bonds. The number of rotatable bonds is 6. The Balaban J connectivity index is 1.94. The van der Waals surface area contributed by atoms with E-state index >= 15 is 0 Å². The number of aromatic nitrogens is 2. The summed E-state index contributed by atoms with van der Waals surface area (Å²) in [6, 6.07) is 0.281. The Morgan fingerprint density at radius 1 is 1.52 bits per heavy atom. The maximum Gasteiger partial charge on any atom is 0.317 e. The Hall–Kier alpha value is -1.56. The Morgan fingerprint density at radius 3 is 2.67 bits per heavy atom. The van der Waals surface area contributed by atoms with E-state index in [4.69, 9.17) is 5.11 Å². The summed E-state index contributed by atoms with van der Waals surface area (Å²) in [6.07, 6.45) is 2.86. The number of carbonyl (C=O) groups excluding carboxylic acids is 1. The van der Waals surface area contributed by atoms with Crippen molar-refractivity contribution in [2.24, 2.45) is 7.05 Å². The number of urea groups is 1. The van der Waals surface area contributed by atoms with E-state index in [9.17, 15) is 4.79 Å². The van der Waals surface area contributed by atoms with Crippen LogP contribution in [0.5, 0.6) is 0 Å². The molecule has 1 atom stereocenters. The van der Waals surface area contributed by atoms with Crippen LogP contribution in [0.15, 0.2) is 0 Å². The molecule has 1 aliphatic rings. The lowest BCUT2D eigenvalue weighted by molar-refractivity contribution is 0.171. The van der Waals surface area contributed by atoms with Gasteiger partial charge in [0.1, 0.15) is 0 Å². The molecule has 6 nitrogen and oxygen atoms in total. The van der Waals surface area contributed by atoms with E-state index < -0.39 is 0 Å². The van der Waals surface area contributed by atoms with Gasteiger partial charge in [-0.3, -0.25) is 4.68 Å². The van der Waals surface area contributed by atoms with Crippen LogP contribution in [-0.2, 0) is 13.5 Å². The van der Waals surface area contributed by atoms with Gasteiger partial charge in [0.2, 0.25) is 0 Å². The summed E-state index contributed by atoms with van der Waals surface area (Å²) in [5.41, 5.74) is 3.36. The molecule has 0 aromatic carbocycles. The second-order valence-electron chi connectivity index (χ2n) is 5.98. The van der Waals surface area contributed by atoms with Crippen LogP contribution in [0.3, 0.4) is 0 Å². The first kappa shape index (κ1) is 15.8. The summed E-state index contributed by atoms with van der Waals surface area (Å²) in [5, 5.41) is 16.5. The molecule has 2 rings (SSSR count). The van der Waals surface area contributed by atoms with Gasteiger partial charge in [0.15, 0.2) is 0 Å². The normalized spacial score (nSPS) is 15.9. The quantitative estimate of drug-likeness (QED) is 0.826. The summed E-state index contributed by atoms with van der Waals surface area (Å²) in [5.74, 6) is 0. The van der Waals surface area contributed by atoms with Crippen molar-refractivity contribution in [1.82, 2.24) is 20.0 Å². The molecule has 118 valence electrons. The Kier molecular flexibility index (Phi) is 4.88. The fourth-order valence-corrected chi connectivity index (χ4v) is 2.71. The fourth-order valence-electron chi connectivity index (χ4n) is 2.71. The molecule has 1 saturated carbocycles. The van der Waals surface area contributed by atoms with Crippen molar-refractivity contribution < 1.29 is 9.90 Å².